The van der Waals surface area contributed by atoms with Crippen LogP contribution in [0.5, 0.6) is 0 Å². The molecule has 1 aromatic rings. The summed E-state index contributed by atoms with van der Waals surface area (Å²) in [5.74, 6) is 1.69. The van der Waals surface area contributed by atoms with Crippen molar-refractivity contribution in [1.82, 2.24) is 5.06 Å². The van der Waals surface area contributed by atoms with Crippen molar-refractivity contribution in [2.75, 3.05) is 24.1 Å². The van der Waals surface area contributed by atoms with Crippen molar-refractivity contribution in [2.24, 2.45) is 23.2 Å². The quantitative estimate of drug-likeness (QED) is 0.598. The number of nitrogens with two attached hydrogens (primary N) is 1. The maximum absolute atomic E-state index is 12.4. The highest BCUT2D eigenvalue weighted by molar-refractivity contribution is 6.31. The molecule has 172 valence electrons. The van der Waals surface area contributed by atoms with E-state index < -0.39 is 5.41 Å². The summed E-state index contributed by atoms with van der Waals surface area (Å²) >= 11 is 5.92. The number of nitrogens with zero attached hydrogens (tertiary/aromatic N) is 1. The lowest BCUT2D eigenvalue weighted by Gasteiger charge is -2.38. The number of hydrogen-bond acceptors (Lipinski definition) is 5. The molecule has 1 aliphatic carbocycles. The highest BCUT2D eigenvalue weighted by Crippen LogP contribution is 2.39. The van der Waals surface area contributed by atoms with Crippen LogP contribution in [0, 0.1) is 23.2 Å². The zero-order valence-corrected chi connectivity index (χ0v) is 19.7. The molecule has 31 heavy (non-hydrogen) atoms. The van der Waals surface area contributed by atoms with Crippen LogP contribution in [-0.2, 0) is 14.4 Å². The molecule has 1 aromatic carbocycles. The molecule has 1 heterocycles. The fraction of sp³-hybridized carbons (Fsp3) is 0.667. The van der Waals surface area contributed by atoms with Gasteiger partial charge in [-0.25, -0.2) is 4.79 Å². The fourth-order valence-electron chi connectivity index (χ4n) is 4.67. The van der Waals surface area contributed by atoms with Crippen LogP contribution >= 0.6 is 11.6 Å². The molecule has 0 aromatic heterocycles. The van der Waals surface area contributed by atoms with E-state index in [1.807, 2.05) is 25.8 Å². The third-order valence-electron chi connectivity index (χ3n) is 6.64. The maximum atomic E-state index is 12.4. The van der Waals surface area contributed by atoms with Gasteiger partial charge in [-0.3, -0.25) is 4.79 Å². The minimum atomic E-state index is -0.471. The van der Waals surface area contributed by atoms with Gasteiger partial charge in [0.1, 0.15) is 0 Å². The Balaban J connectivity index is 1.38. The van der Waals surface area contributed by atoms with Crippen molar-refractivity contribution in [1.29, 1.82) is 0 Å². The molecule has 2 fully saturated rings. The van der Waals surface area contributed by atoms with E-state index in [0.29, 0.717) is 40.6 Å². The van der Waals surface area contributed by atoms with Crippen molar-refractivity contribution < 1.29 is 14.4 Å². The average Bonchev–Trinajstić information content (AvgIpc) is 2.71. The summed E-state index contributed by atoms with van der Waals surface area (Å²) in [6, 6.07) is 5.13. The first kappa shape index (κ1) is 23.9. The molecule has 1 saturated heterocycles. The molecule has 1 saturated carbocycles. The molecule has 7 heteroatoms. The number of carbonyl (C=O) groups is 2. The molecule has 0 atom stereocenters. The Labute approximate surface area is 190 Å². The lowest BCUT2D eigenvalue weighted by molar-refractivity contribution is -0.207. The van der Waals surface area contributed by atoms with Gasteiger partial charge < -0.3 is 15.9 Å². The first-order valence-corrected chi connectivity index (χ1v) is 11.8. The van der Waals surface area contributed by atoms with Crippen LogP contribution in [0.25, 0.3) is 0 Å². The topological polar surface area (TPSA) is 84.7 Å². The first-order valence-electron chi connectivity index (χ1n) is 11.4. The highest BCUT2D eigenvalue weighted by Gasteiger charge is 2.33. The first-order chi connectivity index (χ1) is 14.6. The van der Waals surface area contributed by atoms with E-state index in [4.69, 9.17) is 22.2 Å². The number of anilines is 2. The molecule has 0 radical (unpaired) electrons. The van der Waals surface area contributed by atoms with Crippen LogP contribution in [0.1, 0.15) is 65.7 Å². The molecule has 6 nitrogen and oxygen atoms in total. The van der Waals surface area contributed by atoms with E-state index in [1.54, 1.807) is 18.2 Å². The molecule has 1 aliphatic heterocycles. The monoisotopic (exact) mass is 449 g/mol. The van der Waals surface area contributed by atoms with Crippen LogP contribution < -0.4 is 11.1 Å². The van der Waals surface area contributed by atoms with Crippen LogP contribution in [0.2, 0.25) is 5.02 Å². The largest absolute Gasteiger partial charge is 0.397 e. The second-order valence-electron chi connectivity index (χ2n) is 10.2. The van der Waals surface area contributed by atoms with Gasteiger partial charge in [-0.1, -0.05) is 11.6 Å². The molecule has 2 aliphatic rings. The Kier molecular flexibility index (Phi) is 7.87. The lowest BCUT2D eigenvalue weighted by Crippen LogP contribution is -2.40. The van der Waals surface area contributed by atoms with Gasteiger partial charge in [-0.15, -0.1) is 5.06 Å². The smallest absolute Gasteiger partial charge is 0.330 e. The number of hydrogen-bond donors (Lipinski definition) is 2. The molecular weight excluding hydrogens is 414 g/mol. The number of benzene rings is 1. The molecule has 3 N–H and O–H groups in total. The molecule has 0 spiro atoms. The van der Waals surface area contributed by atoms with Crippen molar-refractivity contribution in [3.8, 4) is 0 Å². The van der Waals surface area contributed by atoms with Gasteiger partial charge in [-0.2, -0.15) is 0 Å². The minimum Gasteiger partial charge on any atom is -0.397 e. The molecule has 0 bridgehead atoms. The Morgan fingerprint density at radius 1 is 1.10 bits per heavy atom. The van der Waals surface area contributed by atoms with Crippen molar-refractivity contribution in [3.63, 3.8) is 0 Å². The lowest BCUT2D eigenvalue weighted by atomic mass is 9.72. The van der Waals surface area contributed by atoms with E-state index in [-0.39, 0.29) is 11.9 Å². The highest BCUT2D eigenvalue weighted by atomic mass is 35.5. The third-order valence-corrected chi connectivity index (χ3v) is 6.88. The standard InChI is InChI=1S/C24H36ClN3O3/c1-24(2,3)23(30)31-28-12-10-18(11-13-28)17-6-4-16(5-7-17)14-22(29)27-21-9-8-19(25)15-20(21)26/h8-9,15-18H,4-7,10-14,26H2,1-3H3,(H,27,29). The summed E-state index contributed by atoms with van der Waals surface area (Å²) in [6.45, 7) is 7.27. The second-order valence-corrected chi connectivity index (χ2v) is 10.6. The van der Waals surface area contributed by atoms with Crippen LogP contribution in [-0.4, -0.2) is 30.0 Å². The van der Waals surface area contributed by atoms with Crippen LogP contribution in [0.15, 0.2) is 18.2 Å². The predicted molar refractivity (Wildman–Crippen MR) is 124 cm³/mol. The number of carbonyl (C=O) groups excluding carboxylic acids is 2. The Bertz CT molecular complexity index is 777. The number of halogens is 1. The van der Waals surface area contributed by atoms with Gasteiger partial charge in [0.05, 0.1) is 16.8 Å². The zero-order valence-electron chi connectivity index (χ0n) is 19.0. The summed E-state index contributed by atoms with van der Waals surface area (Å²) in [7, 11) is 0. The molecule has 1 amide bonds. The molecule has 0 unspecified atom stereocenters. The number of amides is 1. The summed E-state index contributed by atoms with van der Waals surface area (Å²) in [5, 5.41) is 5.32. The van der Waals surface area contributed by atoms with Crippen LogP contribution in [0.3, 0.4) is 0 Å². The Morgan fingerprint density at radius 3 is 2.29 bits per heavy atom. The van der Waals surface area contributed by atoms with Gasteiger partial charge >= 0.3 is 5.97 Å². The number of rotatable bonds is 5. The normalized spacial score (nSPS) is 23.4. The zero-order chi connectivity index (χ0) is 22.6. The number of piperidine rings is 1. The second kappa shape index (κ2) is 10.2. The fourth-order valence-corrected chi connectivity index (χ4v) is 4.85. The van der Waals surface area contributed by atoms with Gasteiger partial charge in [0.2, 0.25) is 5.91 Å². The van der Waals surface area contributed by atoms with E-state index in [1.165, 1.54) is 12.8 Å². The summed E-state index contributed by atoms with van der Waals surface area (Å²) in [4.78, 5) is 30.1. The predicted octanol–water partition coefficient (Wildman–Crippen LogP) is 5.27. The van der Waals surface area contributed by atoms with E-state index in [2.05, 4.69) is 5.32 Å². The van der Waals surface area contributed by atoms with E-state index in [9.17, 15) is 9.59 Å². The Hall–Kier alpha value is -1.79. The maximum Gasteiger partial charge on any atom is 0.330 e. The number of nitrogen functional groups attached to an aromatic ring is 1. The average molecular weight is 450 g/mol. The Morgan fingerprint density at radius 2 is 1.71 bits per heavy atom. The summed E-state index contributed by atoms with van der Waals surface area (Å²) in [5.41, 5.74) is 6.58. The third kappa shape index (κ3) is 6.84. The number of nitrogens with one attached hydrogen (secondary N) is 1. The van der Waals surface area contributed by atoms with E-state index >= 15 is 0 Å². The molecule has 3 rings (SSSR count). The van der Waals surface area contributed by atoms with Gasteiger partial charge in [-0.05, 0) is 95.2 Å². The van der Waals surface area contributed by atoms with Crippen molar-refractivity contribution >= 4 is 34.9 Å². The van der Waals surface area contributed by atoms with Gasteiger partial charge in [0.25, 0.3) is 0 Å². The van der Waals surface area contributed by atoms with E-state index in [0.717, 1.165) is 38.8 Å². The summed E-state index contributed by atoms with van der Waals surface area (Å²) in [6.07, 6.45) is 7.21. The summed E-state index contributed by atoms with van der Waals surface area (Å²) < 4.78 is 0. The van der Waals surface area contributed by atoms with Crippen LogP contribution in [0.4, 0.5) is 11.4 Å². The van der Waals surface area contributed by atoms with Gasteiger partial charge in [0.15, 0.2) is 0 Å². The SMILES string of the molecule is CC(C)(C)C(=O)ON1CCC(C2CCC(CC(=O)Nc3ccc(Cl)cc3N)CC2)CC1. The van der Waals surface area contributed by atoms with Crippen molar-refractivity contribution in [2.45, 2.75) is 65.7 Å². The van der Waals surface area contributed by atoms with Crippen molar-refractivity contribution in [3.05, 3.63) is 23.2 Å². The van der Waals surface area contributed by atoms with Gasteiger partial charge in [0, 0.05) is 24.5 Å². The minimum absolute atomic E-state index is 0.0199. The molecular formula is C24H36ClN3O3. The number of hydroxylamine groups is 2.